The highest BCUT2D eigenvalue weighted by Crippen LogP contribution is 2.31. The summed E-state index contributed by atoms with van der Waals surface area (Å²) in [6.45, 7) is 2.45. The van der Waals surface area contributed by atoms with E-state index in [-0.39, 0.29) is 11.9 Å². The molecule has 0 saturated carbocycles. The Morgan fingerprint density at radius 1 is 1.30 bits per heavy atom. The van der Waals surface area contributed by atoms with Gasteiger partial charge >= 0.3 is 0 Å². The first-order chi connectivity index (χ1) is 9.65. The minimum absolute atomic E-state index is 0.0779. The first kappa shape index (κ1) is 13.2. The summed E-state index contributed by atoms with van der Waals surface area (Å²) < 4.78 is 6.57. The van der Waals surface area contributed by atoms with E-state index in [9.17, 15) is 4.79 Å². The summed E-state index contributed by atoms with van der Waals surface area (Å²) in [5, 5.41) is 3.02. The van der Waals surface area contributed by atoms with Gasteiger partial charge in [-0.1, -0.05) is 34.1 Å². The van der Waals surface area contributed by atoms with Crippen LogP contribution in [0.15, 0.2) is 46.9 Å². The van der Waals surface area contributed by atoms with Gasteiger partial charge in [-0.05, 0) is 36.8 Å². The number of para-hydroxylation sites is 1. The number of benzene rings is 2. The molecule has 0 aromatic heterocycles. The number of ether oxygens (including phenoxy) is 1. The molecule has 0 fully saturated rings. The molecule has 102 valence electrons. The molecule has 2 aromatic carbocycles. The molecule has 20 heavy (non-hydrogen) atoms. The van der Waals surface area contributed by atoms with Crippen molar-refractivity contribution in [3.63, 3.8) is 0 Å². The molecule has 0 spiro atoms. The molecule has 1 aliphatic heterocycles. The van der Waals surface area contributed by atoms with E-state index in [4.69, 9.17) is 4.74 Å². The number of amides is 1. The predicted molar refractivity (Wildman–Crippen MR) is 81.0 cm³/mol. The van der Waals surface area contributed by atoms with Crippen LogP contribution in [0.25, 0.3) is 0 Å². The lowest BCUT2D eigenvalue weighted by Crippen LogP contribution is -2.29. The van der Waals surface area contributed by atoms with Gasteiger partial charge in [-0.2, -0.15) is 0 Å². The summed E-state index contributed by atoms with van der Waals surface area (Å²) >= 11 is 3.44. The number of nitrogens with one attached hydrogen (secondary N) is 1. The first-order valence-electron chi connectivity index (χ1n) is 6.44. The van der Waals surface area contributed by atoms with Crippen molar-refractivity contribution in [1.29, 1.82) is 0 Å². The predicted octanol–water partition coefficient (Wildman–Crippen LogP) is 3.62. The number of hydrogen-bond acceptors (Lipinski definition) is 2. The van der Waals surface area contributed by atoms with Crippen LogP contribution in [0.4, 0.5) is 0 Å². The first-order valence-corrected chi connectivity index (χ1v) is 7.23. The molecule has 1 N–H and O–H groups in total. The minimum Gasteiger partial charge on any atom is -0.491 e. The fourth-order valence-corrected chi connectivity index (χ4v) is 2.56. The minimum atomic E-state index is -0.0809. The van der Waals surface area contributed by atoms with Crippen LogP contribution < -0.4 is 10.1 Å². The van der Waals surface area contributed by atoms with Crippen molar-refractivity contribution >= 4 is 21.8 Å². The molecule has 1 amide bonds. The summed E-state index contributed by atoms with van der Waals surface area (Å²) in [6, 6.07) is 13.3. The Bertz CT molecular complexity index is 669. The summed E-state index contributed by atoms with van der Waals surface area (Å²) in [6.07, 6.45) is 0. The summed E-state index contributed by atoms with van der Waals surface area (Å²) in [4.78, 5) is 12.3. The maximum absolute atomic E-state index is 12.3. The van der Waals surface area contributed by atoms with Crippen molar-refractivity contribution in [2.45, 2.75) is 13.0 Å². The summed E-state index contributed by atoms with van der Waals surface area (Å²) in [5.74, 6) is 0.774. The standard InChI is InChI=1S/C16H14BrNO2/c1-10-8-11(6-7-13(10)17)16(19)18-14-9-20-15-5-3-2-4-12(14)15/h2-8,14H,9H2,1H3,(H,18,19). The third-order valence-corrected chi connectivity index (χ3v) is 4.32. The molecular weight excluding hydrogens is 318 g/mol. The van der Waals surface area contributed by atoms with Crippen LogP contribution in [-0.4, -0.2) is 12.5 Å². The molecule has 4 heteroatoms. The largest absolute Gasteiger partial charge is 0.491 e. The lowest BCUT2D eigenvalue weighted by atomic mass is 10.1. The average molecular weight is 332 g/mol. The van der Waals surface area contributed by atoms with Crippen molar-refractivity contribution in [1.82, 2.24) is 5.32 Å². The van der Waals surface area contributed by atoms with Crippen molar-refractivity contribution < 1.29 is 9.53 Å². The Labute approximate surface area is 126 Å². The van der Waals surface area contributed by atoms with Gasteiger partial charge in [0, 0.05) is 15.6 Å². The second-order valence-electron chi connectivity index (χ2n) is 4.84. The van der Waals surface area contributed by atoms with Crippen LogP contribution in [0.1, 0.15) is 27.5 Å². The van der Waals surface area contributed by atoms with Gasteiger partial charge in [-0.15, -0.1) is 0 Å². The van der Waals surface area contributed by atoms with Crippen molar-refractivity contribution in [3.8, 4) is 5.75 Å². The quantitative estimate of drug-likeness (QED) is 0.912. The van der Waals surface area contributed by atoms with E-state index in [0.29, 0.717) is 12.2 Å². The van der Waals surface area contributed by atoms with Crippen LogP contribution in [-0.2, 0) is 0 Å². The SMILES string of the molecule is Cc1cc(C(=O)NC2COc3ccccc32)ccc1Br. The normalized spacial score (nSPS) is 16.4. The lowest BCUT2D eigenvalue weighted by Gasteiger charge is -2.12. The van der Waals surface area contributed by atoms with Crippen LogP contribution in [0, 0.1) is 6.92 Å². The molecular formula is C16H14BrNO2. The highest BCUT2D eigenvalue weighted by atomic mass is 79.9. The smallest absolute Gasteiger partial charge is 0.251 e. The van der Waals surface area contributed by atoms with Gasteiger partial charge in [0.15, 0.2) is 0 Å². The Balaban J connectivity index is 1.79. The van der Waals surface area contributed by atoms with Gasteiger partial charge in [0.2, 0.25) is 0 Å². The summed E-state index contributed by atoms with van der Waals surface area (Å²) in [5.41, 5.74) is 2.74. The van der Waals surface area contributed by atoms with E-state index in [1.807, 2.05) is 49.4 Å². The monoisotopic (exact) mass is 331 g/mol. The number of carbonyl (C=O) groups excluding carboxylic acids is 1. The number of rotatable bonds is 2. The molecule has 2 aromatic rings. The van der Waals surface area contributed by atoms with Gasteiger partial charge in [0.25, 0.3) is 5.91 Å². The zero-order valence-electron chi connectivity index (χ0n) is 11.0. The number of fused-ring (bicyclic) bond motifs is 1. The van der Waals surface area contributed by atoms with Crippen LogP contribution in [0.3, 0.4) is 0 Å². The van der Waals surface area contributed by atoms with E-state index in [2.05, 4.69) is 21.2 Å². The second kappa shape index (κ2) is 5.29. The van der Waals surface area contributed by atoms with Crippen LogP contribution >= 0.6 is 15.9 Å². The lowest BCUT2D eigenvalue weighted by molar-refractivity contribution is 0.0930. The number of carbonyl (C=O) groups is 1. The number of hydrogen-bond donors (Lipinski definition) is 1. The zero-order valence-corrected chi connectivity index (χ0v) is 12.6. The van der Waals surface area contributed by atoms with Gasteiger partial charge in [-0.25, -0.2) is 0 Å². The fraction of sp³-hybridized carbons (Fsp3) is 0.188. The van der Waals surface area contributed by atoms with Crippen molar-refractivity contribution in [2.75, 3.05) is 6.61 Å². The molecule has 0 aliphatic carbocycles. The number of aryl methyl sites for hydroxylation is 1. The third kappa shape index (κ3) is 2.43. The molecule has 1 atom stereocenters. The molecule has 0 saturated heterocycles. The number of halogens is 1. The molecule has 1 aliphatic rings. The van der Waals surface area contributed by atoms with Gasteiger partial charge in [0.05, 0.1) is 6.04 Å². The van der Waals surface area contributed by atoms with Gasteiger partial charge in [0.1, 0.15) is 12.4 Å². The Kier molecular flexibility index (Phi) is 3.49. The molecule has 3 nitrogen and oxygen atoms in total. The van der Waals surface area contributed by atoms with Crippen molar-refractivity contribution in [3.05, 3.63) is 63.6 Å². The molecule has 1 unspecified atom stereocenters. The van der Waals surface area contributed by atoms with Gasteiger partial charge < -0.3 is 10.1 Å². The molecule has 0 bridgehead atoms. The van der Waals surface area contributed by atoms with Crippen LogP contribution in [0.2, 0.25) is 0 Å². The van der Waals surface area contributed by atoms with E-state index < -0.39 is 0 Å². The average Bonchev–Trinajstić information content (AvgIpc) is 2.85. The zero-order chi connectivity index (χ0) is 14.1. The van der Waals surface area contributed by atoms with E-state index >= 15 is 0 Å². The Morgan fingerprint density at radius 2 is 2.10 bits per heavy atom. The topological polar surface area (TPSA) is 38.3 Å². The maximum atomic E-state index is 12.3. The third-order valence-electron chi connectivity index (χ3n) is 3.43. The molecule has 1 heterocycles. The van der Waals surface area contributed by atoms with E-state index in [0.717, 1.165) is 21.3 Å². The summed E-state index contributed by atoms with van der Waals surface area (Å²) in [7, 11) is 0. The highest BCUT2D eigenvalue weighted by molar-refractivity contribution is 9.10. The van der Waals surface area contributed by atoms with Crippen LogP contribution in [0.5, 0.6) is 5.75 Å². The molecule has 3 rings (SSSR count). The Morgan fingerprint density at radius 3 is 2.90 bits per heavy atom. The Hall–Kier alpha value is -1.81. The maximum Gasteiger partial charge on any atom is 0.251 e. The van der Waals surface area contributed by atoms with Crippen molar-refractivity contribution in [2.24, 2.45) is 0 Å². The highest BCUT2D eigenvalue weighted by Gasteiger charge is 2.25. The van der Waals surface area contributed by atoms with E-state index in [1.165, 1.54) is 0 Å². The molecule has 0 radical (unpaired) electrons. The second-order valence-corrected chi connectivity index (χ2v) is 5.69. The fourth-order valence-electron chi connectivity index (χ4n) is 2.31. The van der Waals surface area contributed by atoms with Gasteiger partial charge in [-0.3, -0.25) is 4.79 Å². The van der Waals surface area contributed by atoms with E-state index in [1.54, 1.807) is 0 Å².